The zero-order valence-electron chi connectivity index (χ0n) is 38.5. The molecule has 4 bridgehead atoms. The highest BCUT2D eigenvalue weighted by atomic mass is 16.7. The van der Waals surface area contributed by atoms with Crippen LogP contribution in [0.3, 0.4) is 0 Å². The third-order valence-corrected chi connectivity index (χ3v) is 14.5. The molecule has 1 aromatic heterocycles. The minimum absolute atomic E-state index is 0.0469. The summed E-state index contributed by atoms with van der Waals surface area (Å²) in [4.78, 5) is 40.1. The lowest BCUT2D eigenvalue weighted by atomic mass is 9.71. The fourth-order valence-electron chi connectivity index (χ4n) is 10.9. The number of nitrogens with zero attached hydrogens (tertiary/aromatic N) is 5. The molecule has 6 heterocycles. The first-order valence-corrected chi connectivity index (χ1v) is 22.6. The fraction of sp³-hybridized carbons (Fsp3) is 0.688. The molecule has 1 amide bonds. The van der Waals surface area contributed by atoms with Crippen molar-refractivity contribution in [3.05, 3.63) is 42.7 Å². The molecule has 63 heavy (non-hydrogen) atoms. The third-order valence-electron chi connectivity index (χ3n) is 14.5. The Morgan fingerprint density at radius 3 is 2.52 bits per heavy atom. The van der Waals surface area contributed by atoms with Crippen LogP contribution in [0.4, 0.5) is 0 Å². The quantitative estimate of drug-likeness (QED) is 0.189. The summed E-state index contributed by atoms with van der Waals surface area (Å²) in [7, 11) is 2.05. The molecule has 3 saturated heterocycles. The van der Waals surface area contributed by atoms with Crippen molar-refractivity contribution in [2.24, 2.45) is 33.7 Å². The average Bonchev–Trinajstić information content (AvgIpc) is 3.74. The Bertz CT molecular complexity index is 2070. The van der Waals surface area contributed by atoms with Gasteiger partial charge in [-0.15, -0.1) is 12.3 Å². The van der Waals surface area contributed by atoms with Crippen LogP contribution < -0.4 is 4.74 Å². The maximum Gasteiger partial charge on any atom is 0.311 e. The summed E-state index contributed by atoms with van der Waals surface area (Å²) in [6.07, 6.45) is 6.94. The van der Waals surface area contributed by atoms with Crippen molar-refractivity contribution in [3.8, 4) is 23.8 Å². The van der Waals surface area contributed by atoms with Gasteiger partial charge in [0.05, 0.1) is 59.9 Å². The monoisotopic (exact) mass is 873 g/mol. The zero-order chi connectivity index (χ0) is 45.6. The Labute approximate surface area is 371 Å². The lowest BCUT2D eigenvalue weighted by Crippen LogP contribution is -2.60. The largest absolute Gasteiger partial charge is 0.460 e. The summed E-state index contributed by atoms with van der Waals surface area (Å²) in [5, 5.41) is 29.4. The second-order valence-corrected chi connectivity index (χ2v) is 19.1. The number of aliphatic hydroxyl groups excluding tert-OH is 1. The topological polar surface area (TPSA) is 179 Å². The van der Waals surface area contributed by atoms with Crippen LogP contribution in [0.25, 0.3) is 5.69 Å². The van der Waals surface area contributed by atoms with E-state index in [-0.39, 0.29) is 38.0 Å². The molecule has 15 heteroatoms. The van der Waals surface area contributed by atoms with Gasteiger partial charge in [-0.3, -0.25) is 9.59 Å². The second-order valence-electron chi connectivity index (χ2n) is 19.1. The van der Waals surface area contributed by atoms with Gasteiger partial charge < -0.3 is 43.5 Å². The van der Waals surface area contributed by atoms with Gasteiger partial charge in [0, 0.05) is 68.7 Å². The summed E-state index contributed by atoms with van der Waals surface area (Å²) in [6, 6.07) is 9.37. The van der Waals surface area contributed by atoms with Gasteiger partial charge in [0.15, 0.2) is 6.29 Å². The highest BCUT2D eigenvalue weighted by molar-refractivity contribution is 6.04. The van der Waals surface area contributed by atoms with Crippen molar-refractivity contribution in [1.82, 2.24) is 14.7 Å². The number of carbonyl (C=O) groups excluding carboxylic acids is 2. The normalized spacial score (nSPS) is 41.3. The molecule has 7 rings (SSSR count). The van der Waals surface area contributed by atoms with E-state index in [9.17, 15) is 19.8 Å². The van der Waals surface area contributed by atoms with Gasteiger partial charge in [0.2, 0.25) is 11.6 Å². The number of aliphatic hydroxyl groups is 2. The molecule has 8 unspecified atom stereocenters. The van der Waals surface area contributed by atoms with Crippen molar-refractivity contribution in [3.63, 3.8) is 0 Å². The first-order valence-electron chi connectivity index (χ1n) is 22.6. The molecule has 5 aliphatic rings. The van der Waals surface area contributed by atoms with E-state index in [0.717, 1.165) is 12.1 Å². The van der Waals surface area contributed by atoms with E-state index in [1.54, 1.807) is 24.7 Å². The number of ether oxygens (including phenoxy) is 6. The van der Waals surface area contributed by atoms with Crippen molar-refractivity contribution in [2.75, 3.05) is 20.2 Å². The summed E-state index contributed by atoms with van der Waals surface area (Å²) in [5.41, 5.74) is -4.26. The van der Waals surface area contributed by atoms with Gasteiger partial charge in [-0.1, -0.05) is 27.7 Å². The minimum Gasteiger partial charge on any atom is -0.460 e. The van der Waals surface area contributed by atoms with E-state index in [4.69, 9.17) is 44.8 Å². The number of aliphatic imine (C=N–C) groups is 2. The van der Waals surface area contributed by atoms with Crippen molar-refractivity contribution in [1.29, 1.82) is 0 Å². The van der Waals surface area contributed by atoms with Crippen LogP contribution in [-0.2, 0) is 33.3 Å². The highest BCUT2D eigenvalue weighted by Crippen LogP contribution is 2.59. The van der Waals surface area contributed by atoms with E-state index in [1.807, 2.05) is 78.1 Å². The van der Waals surface area contributed by atoms with Crippen molar-refractivity contribution in [2.45, 2.75) is 166 Å². The second kappa shape index (κ2) is 18.1. The molecule has 344 valence electrons. The maximum absolute atomic E-state index is 14.2. The Balaban J connectivity index is 1.38. The van der Waals surface area contributed by atoms with Crippen LogP contribution in [-0.4, -0.2) is 134 Å². The molecule has 3 fully saturated rings. The standard InChI is InChI=1S/C48H67N5O10/c1-12-14-21-52(11)36-23-29(4)59-39(24-36)61-42-30(5)40(55)31(6)44(56)60-38(13-2)46(10,57)47-26-34-27-58-45(42,9)25-28(3)41(50-33(8)54)48(51-34,32(7)43(47)63-47)62-37-18-16-35(17-19-37)53-22-15-20-49-53/h1,15-20,22,28-32,36,38-40,42-43,55,57H,13-14,21,23-27H2,2-11H3/t28-,29?,30+,31?,32?,36?,38-,39?,40+,42-,43?,45-,46-,47?,48?/m1/s1. The average molecular weight is 874 g/mol. The third kappa shape index (κ3) is 8.89. The Morgan fingerprint density at radius 1 is 1.14 bits per heavy atom. The van der Waals surface area contributed by atoms with Crippen LogP contribution >= 0.6 is 0 Å². The number of rotatable bonds is 9. The molecule has 2 N–H and O–H groups in total. The van der Waals surface area contributed by atoms with Gasteiger partial charge in [-0.25, -0.2) is 14.7 Å². The molecule has 0 aliphatic carbocycles. The number of cyclic esters (lactones) is 1. The predicted molar refractivity (Wildman–Crippen MR) is 235 cm³/mol. The summed E-state index contributed by atoms with van der Waals surface area (Å²) in [6.45, 7) is 16.9. The number of benzene rings is 1. The first-order chi connectivity index (χ1) is 29.8. The number of terminal acetylenes is 1. The van der Waals surface area contributed by atoms with E-state index in [0.29, 0.717) is 36.6 Å². The zero-order valence-corrected chi connectivity index (χ0v) is 38.5. The predicted octanol–water partition coefficient (Wildman–Crippen LogP) is 5.32. The van der Waals surface area contributed by atoms with Gasteiger partial charge in [0.25, 0.3) is 0 Å². The number of hydrogen-bond donors (Lipinski definition) is 2. The molecular formula is C48H67N5O10. The van der Waals surface area contributed by atoms with Gasteiger partial charge in [-0.2, -0.15) is 5.10 Å². The number of carbonyl (C=O) groups is 2. The van der Waals surface area contributed by atoms with Crippen LogP contribution in [0.5, 0.6) is 5.75 Å². The number of aromatic nitrogens is 2. The Morgan fingerprint density at radius 2 is 1.87 bits per heavy atom. The van der Waals surface area contributed by atoms with E-state index in [2.05, 4.69) is 23.0 Å². The van der Waals surface area contributed by atoms with Crippen LogP contribution in [0.1, 0.15) is 101 Å². The number of epoxide rings is 1. The highest BCUT2D eigenvalue weighted by Gasteiger charge is 2.75. The molecule has 15 nitrogen and oxygen atoms in total. The van der Waals surface area contributed by atoms with Crippen LogP contribution in [0, 0.1) is 36.0 Å². The van der Waals surface area contributed by atoms with Gasteiger partial charge >= 0.3 is 5.97 Å². The lowest BCUT2D eigenvalue weighted by molar-refractivity contribution is -0.272. The minimum atomic E-state index is -1.75. The SMILES string of the molecule is C#CCCN(C)C1CC(C)OC(O[C@@H]2[C@@H](C)[C@H](O)C(C)C(=O)O[C@H](CC)[C@@](C)(O)C34CC5=NC(Oc6ccc(-n7cccn7)cc6)(C(=NC(C)=O)[C@H](C)C[C@@]2(C)OC5)C(C)C3O4)C1. The summed E-state index contributed by atoms with van der Waals surface area (Å²) in [5.74, 6) is -0.858. The van der Waals surface area contributed by atoms with Crippen molar-refractivity contribution >= 4 is 23.3 Å². The number of amides is 1. The van der Waals surface area contributed by atoms with Crippen LogP contribution in [0.2, 0.25) is 0 Å². The number of fused-ring (bicyclic) bond motifs is 3. The van der Waals surface area contributed by atoms with Gasteiger partial charge in [-0.05, 0) is 84.3 Å². The Kier molecular flexibility index (Phi) is 13.5. The summed E-state index contributed by atoms with van der Waals surface area (Å²) < 4.78 is 42.6. The number of esters is 1. The maximum atomic E-state index is 14.2. The summed E-state index contributed by atoms with van der Waals surface area (Å²) >= 11 is 0. The Hall–Kier alpha value is -4.01. The van der Waals surface area contributed by atoms with E-state index < -0.39 is 88.8 Å². The lowest BCUT2D eigenvalue weighted by Gasteiger charge is -2.47. The van der Waals surface area contributed by atoms with Crippen LogP contribution in [0.15, 0.2) is 52.7 Å². The molecule has 1 spiro atoms. The first kappa shape index (κ1) is 47.0. The molecule has 2 aromatic rings. The molecule has 1 aromatic carbocycles. The number of hydrogen-bond acceptors (Lipinski definition) is 13. The van der Waals surface area contributed by atoms with Crippen molar-refractivity contribution < 1.29 is 48.2 Å². The molecule has 5 aliphatic heterocycles. The smallest absolute Gasteiger partial charge is 0.311 e. The molecular weight excluding hydrogens is 807 g/mol. The van der Waals surface area contributed by atoms with Gasteiger partial charge in [0.1, 0.15) is 23.1 Å². The molecule has 15 atom stereocenters. The van der Waals surface area contributed by atoms with E-state index >= 15 is 0 Å². The molecule has 0 radical (unpaired) electrons. The van der Waals surface area contributed by atoms with E-state index in [1.165, 1.54) is 6.92 Å². The molecule has 0 saturated carbocycles. The fourth-order valence-corrected chi connectivity index (χ4v) is 10.9.